The molecular weight excluding hydrogens is 284 g/mol. The monoisotopic (exact) mass is 302 g/mol. The van der Waals surface area contributed by atoms with Crippen molar-refractivity contribution in [1.29, 1.82) is 0 Å². The summed E-state index contributed by atoms with van der Waals surface area (Å²) >= 11 is 1.47. The topological polar surface area (TPSA) is 49.4 Å². The van der Waals surface area contributed by atoms with Crippen LogP contribution in [0.3, 0.4) is 0 Å². The number of nitrogens with zero attached hydrogens (tertiary/aromatic N) is 1. The van der Waals surface area contributed by atoms with Crippen molar-refractivity contribution in [3.8, 4) is 0 Å². The van der Waals surface area contributed by atoms with Gasteiger partial charge in [-0.15, -0.1) is 0 Å². The summed E-state index contributed by atoms with van der Waals surface area (Å²) in [5.74, 6) is -0.266. The maximum Gasteiger partial charge on any atom is 0.256 e. The first-order valence-corrected chi connectivity index (χ1v) is 7.83. The molecule has 0 aliphatic heterocycles. The van der Waals surface area contributed by atoms with Crippen LogP contribution in [0.15, 0.2) is 41.1 Å². The molecule has 1 heterocycles. The molecule has 0 atom stereocenters. The fraction of sp³-hybridized carbons (Fsp3) is 0.250. The quantitative estimate of drug-likeness (QED) is 0.919. The minimum atomic E-state index is -0.198. The number of para-hydroxylation sites is 1. The molecule has 0 aliphatic carbocycles. The lowest BCUT2D eigenvalue weighted by atomic mass is 10.1. The van der Waals surface area contributed by atoms with Crippen molar-refractivity contribution in [2.24, 2.45) is 0 Å². The van der Waals surface area contributed by atoms with Crippen LogP contribution in [0.25, 0.3) is 0 Å². The summed E-state index contributed by atoms with van der Waals surface area (Å²) in [5.41, 5.74) is 1.67. The summed E-state index contributed by atoms with van der Waals surface area (Å²) in [6.45, 7) is 5.16. The van der Waals surface area contributed by atoms with Crippen LogP contribution in [0.5, 0.6) is 0 Å². The molecule has 1 aromatic heterocycles. The first-order valence-electron chi connectivity index (χ1n) is 6.89. The van der Waals surface area contributed by atoms with E-state index in [-0.39, 0.29) is 11.8 Å². The molecule has 2 rings (SSSR count). The molecule has 21 heavy (non-hydrogen) atoms. The van der Waals surface area contributed by atoms with Crippen LogP contribution in [0.4, 0.5) is 5.69 Å². The Hall–Kier alpha value is -2.14. The van der Waals surface area contributed by atoms with Gasteiger partial charge in [0.25, 0.3) is 11.8 Å². The van der Waals surface area contributed by atoms with Crippen molar-refractivity contribution >= 4 is 28.8 Å². The van der Waals surface area contributed by atoms with Crippen molar-refractivity contribution in [2.45, 2.75) is 13.8 Å². The first-order chi connectivity index (χ1) is 10.2. The number of carbonyl (C=O) groups excluding carboxylic acids is 2. The minimum absolute atomic E-state index is 0.0683. The summed E-state index contributed by atoms with van der Waals surface area (Å²) in [6, 6.07) is 8.86. The van der Waals surface area contributed by atoms with Crippen LogP contribution in [-0.4, -0.2) is 29.8 Å². The molecule has 5 heteroatoms. The van der Waals surface area contributed by atoms with E-state index in [1.807, 2.05) is 25.3 Å². The van der Waals surface area contributed by atoms with E-state index < -0.39 is 0 Å². The zero-order valence-electron chi connectivity index (χ0n) is 12.1. The van der Waals surface area contributed by atoms with E-state index >= 15 is 0 Å². The lowest BCUT2D eigenvalue weighted by Crippen LogP contribution is -2.31. The number of thiophene rings is 1. The van der Waals surface area contributed by atoms with Crippen molar-refractivity contribution in [3.05, 3.63) is 52.2 Å². The molecule has 2 aromatic rings. The SMILES string of the molecule is CCN(CC)C(=O)c1ccccc1NC(=O)c1ccsc1. The lowest BCUT2D eigenvalue weighted by Gasteiger charge is -2.20. The second kappa shape index (κ2) is 7.04. The molecule has 0 spiro atoms. The van der Waals surface area contributed by atoms with Gasteiger partial charge in [0.2, 0.25) is 0 Å². The Balaban J connectivity index is 2.25. The zero-order chi connectivity index (χ0) is 15.2. The fourth-order valence-corrected chi connectivity index (χ4v) is 2.68. The zero-order valence-corrected chi connectivity index (χ0v) is 12.9. The number of anilines is 1. The third kappa shape index (κ3) is 3.49. The van der Waals surface area contributed by atoms with Gasteiger partial charge in [-0.2, -0.15) is 11.3 Å². The van der Waals surface area contributed by atoms with Crippen LogP contribution >= 0.6 is 11.3 Å². The van der Waals surface area contributed by atoms with E-state index in [1.165, 1.54) is 11.3 Å². The third-order valence-electron chi connectivity index (χ3n) is 3.24. The maximum absolute atomic E-state index is 12.5. The van der Waals surface area contributed by atoms with Crippen LogP contribution < -0.4 is 5.32 Å². The molecule has 1 N–H and O–H groups in total. The van der Waals surface area contributed by atoms with Gasteiger partial charge in [0.1, 0.15) is 0 Å². The molecule has 0 radical (unpaired) electrons. The van der Waals surface area contributed by atoms with E-state index in [0.717, 1.165) is 0 Å². The molecule has 110 valence electrons. The molecule has 0 saturated heterocycles. The Morgan fingerprint density at radius 2 is 1.86 bits per heavy atom. The summed E-state index contributed by atoms with van der Waals surface area (Å²) < 4.78 is 0. The number of nitrogens with one attached hydrogen (secondary N) is 1. The van der Waals surface area contributed by atoms with E-state index in [9.17, 15) is 9.59 Å². The van der Waals surface area contributed by atoms with Gasteiger partial charge in [-0.3, -0.25) is 9.59 Å². The number of rotatable bonds is 5. The van der Waals surface area contributed by atoms with E-state index in [4.69, 9.17) is 0 Å². The highest BCUT2D eigenvalue weighted by Gasteiger charge is 2.17. The summed E-state index contributed by atoms with van der Waals surface area (Å²) in [4.78, 5) is 26.3. The molecule has 4 nitrogen and oxygen atoms in total. The molecular formula is C16H18N2O2S. The summed E-state index contributed by atoms with van der Waals surface area (Å²) in [6.07, 6.45) is 0. The number of benzene rings is 1. The largest absolute Gasteiger partial charge is 0.339 e. The van der Waals surface area contributed by atoms with Gasteiger partial charge >= 0.3 is 0 Å². The second-order valence-corrected chi connectivity index (χ2v) is 5.27. The number of hydrogen-bond donors (Lipinski definition) is 1. The van der Waals surface area contributed by atoms with Gasteiger partial charge < -0.3 is 10.2 Å². The number of amides is 2. The summed E-state index contributed by atoms with van der Waals surface area (Å²) in [5, 5.41) is 6.45. The Bertz CT molecular complexity index is 619. The van der Waals surface area contributed by atoms with Crippen LogP contribution in [0.1, 0.15) is 34.6 Å². The molecule has 0 unspecified atom stereocenters. The molecule has 1 aromatic carbocycles. The van der Waals surface area contributed by atoms with Crippen LogP contribution in [0.2, 0.25) is 0 Å². The molecule has 0 aliphatic rings. The van der Waals surface area contributed by atoms with Crippen LogP contribution in [0, 0.1) is 0 Å². The van der Waals surface area contributed by atoms with Gasteiger partial charge in [-0.05, 0) is 37.4 Å². The predicted octanol–water partition coefficient (Wildman–Crippen LogP) is 3.48. The maximum atomic E-state index is 12.5. The van der Waals surface area contributed by atoms with Gasteiger partial charge in [0, 0.05) is 18.5 Å². The molecule has 2 amide bonds. The Morgan fingerprint density at radius 1 is 1.14 bits per heavy atom. The third-order valence-corrected chi connectivity index (χ3v) is 3.92. The van der Waals surface area contributed by atoms with Gasteiger partial charge in [-0.25, -0.2) is 0 Å². The van der Waals surface area contributed by atoms with Gasteiger partial charge in [0.15, 0.2) is 0 Å². The van der Waals surface area contributed by atoms with Crippen molar-refractivity contribution in [3.63, 3.8) is 0 Å². The first kappa shape index (κ1) is 15.3. The smallest absolute Gasteiger partial charge is 0.256 e. The van der Waals surface area contributed by atoms with Crippen molar-refractivity contribution < 1.29 is 9.59 Å². The van der Waals surface area contributed by atoms with Crippen molar-refractivity contribution in [1.82, 2.24) is 4.90 Å². The highest BCUT2D eigenvalue weighted by Crippen LogP contribution is 2.19. The predicted molar refractivity (Wildman–Crippen MR) is 86.0 cm³/mol. The highest BCUT2D eigenvalue weighted by atomic mass is 32.1. The van der Waals surface area contributed by atoms with Crippen molar-refractivity contribution in [2.75, 3.05) is 18.4 Å². The van der Waals surface area contributed by atoms with Crippen LogP contribution in [-0.2, 0) is 0 Å². The highest BCUT2D eigenvalue weighted by molar-refractivity contribution is 7.08. The average Bonchev–Trinajstić information content (AvgIpc) is 3.03. The normalized spacial score (nSPS) is 10.2. The molecule has 0 fully saturated rings. The Morgan fingerprint density at radius 3 is 2.48 bits per heavy atom. The Labute approximate surface area is 128 Å². The lowest BCUT2D eigenvalue weighted by molar-refractivity contribution is 0.0774. The fourth-order valence-electron chi connectivity index (χ4n) is 2.05. The average molecular weight is 302 g/mol. The summed E-state index contributed by atoms with van der Waals surface area (Å²) in [7, 11) is 0. The van der Waals surface area contributed by atoms with Gasteiger partial charge in [-0.1, -0.05) is 12.1 Å². The van der Waals surface area contributed by atoms with E-state index in [2.05, 4.69) is 5.32 Å². The number of hydrogen-bond acceptors (Lipinski definition) is 3. The molecule has 0 bridgehead atoms. The molecule has 0 saturated carbocycles. The van der Waals surface area contributed by atoms with E-state index in [1.54, 1.807) is 34.5 Å². The van der Waals surface area contributed by atoms with E-state index in [0.29, 0.717) is 29.9 Å². The Kier molecular flexibility index (Phi) is 5.11. The van der Waals surface area contributed by atoms with Gasteiger partial charge in [0.05, 0.1) is 16.8 Å². The minimum Gasteiger partial charge on any atom is -0.339 e. The standard InChI is InChI=1S/C16H18N2O2S/c1-3-18(4-2)16(20)13-7-5-6-8-14(13)17-15(19)12-9-10-21-11-12/h5-11H,3-4H2,1-2H3,(H,17,19). The number of carbonyl (C=O) groups is 2. The second-order valence-electron chi connectivity index (χ2n) is 4.49.